The second kappa shape index (κ2) is 10.1. The highest BCUT2D eigenvalue weighted by atomic mass is 35.5. The molecule has 37 heavy (non-hydrogen) atoms. The van der Waals surface area contributed by atoms with Crippen molar-refractivity contribution in [3.8, 4) is 0 Å². The van der Waals surface area contributed by atoms with Crippen molar-refractivity contribution < 1.29 is 19.8 Å². The first-order chi connectivity index (χ1) is 17.8. The number of carbonyl (C=O) groups is 2. The number of amides is 2. The number of halogens is 1. The minimum absolute atomic E-state index is 0.00522. The van der Waals surface area contributed by atoms with Crippen LogP contribution in [0.25, 0.3) is 0 Å². The SMILES string of the molecule is C[C@H](/C=C/CCO)[C@@]1(O)C(=O)N(Cc2ccc(N3C(=O)CCc4ccccc43)cc2)c2ccc(Cl)cc21. The molecule has 0 saturated heterocycles. The average molecular weight is 517 g/mol. The number of hydrogen-bond acceptors (Lipinski definition) is 4. The molecule has 3 aromatic rings. The van der Waals surface area contributed by atoms with E-state index in [4.69, 9.17) is 16.7 Å². The maximum atomic E-state index is 13.7. The van der Waals surface area contributed by atoms with Crippen LogP contribution in [0.2, 0.25) is 5.02 Å². The molecule has 2 N–H and O–H groups in total. The van der Waals surface area contributed by atoms with Gasteiger partial charge < -0.3 is 15.1 Å². The third-order valence-corrected chi connectivity index (χ3v) is 7.47. The largest absolute Gasteiger partial charge is 0.396 e. The van der Waals surface area contributed by atoms with Gasteiger partial charge in [0.2, 0.25) is 5.91 Å². The number of rotatable bonds is 7. The van der Waals surface area contributed by atoms with Crippen LogP contribution in [0, 0.1) is 5.92 Å². The molecule has 0 saturated carbocycles. The van der Waals surface area contributed by atoms with Crippen LogP contribution in [0.5, 0.6) is 0 Å². The van der Waals surface area contributed by atoms with E-state index in [-0.39, 0.29) is 19.1 Å². The van der Waals surface area contributed by atoms with Crippen molar-refractivity contribution in [2.75, 3.05) is 16.4 Å². The van der Waals surface area contributed by atoms with Crippen LogP contribution >= 0.6 is 11.6 Å². The molecule has 6 nitrogen and oxygen atoms in total. The van der Waals surface area contributed by atoms with Crippen LogP contribution in [0.4, 0.5) is 17.1 Å². The molecule has 2 heterocycles. The number of nitrogens with zero attached hydrogens (tertiary/aromatic N) is 2. The Hall–Kier alpha value is -3.45. The number of aryl methyl sites for hydroxylation is 1. The lowest BCUT2D eigenvalue weighted by atomic mass is 9.83. The Morgan fingerprint density at radius 1 is 1.03 bits per heavy atom. The Balaban J connectivity index is 1.43. The monoisotopic (exact) mass is 516 g/mol. The predicted molar refractivity (Wildman–Crippen MR) is 145 cm³/mol. The van der Waals surface area contributed by atoms with Crippen molar-refractivity contribution >= 4 is 40.5 Å². The standard InChI is InChI=1S/C30H29ClN2O4/c1-20(6-4-5-17-34)30(37)25-18-23(31)12-15-27(25)32(29(30)36)19-21-9-13-24(14-10-21)33-26-8-3-2-7-22(26)11-16-28(33)35/h2-4,6-10,12-15,18,20,34,37H,5,11,16-17,19H2,1H3/b6-4+/t20-,30+/m1/s1. The second-order valence-corrected chi connectivity index (χ2v) is 10.0. The zero-order valence-electron chi connectivity index (χ0n) is 20.6. The van der Waals surface area contributed by atoms with Crippen molar-refractivity contribution in [3.63, 3.8) is 0 Å². The van der Waals surface area contributed by atoms with E-state index in [1.165, 1.54) is 0 Å². The molecule has 0 radical (unpaired) electrons. The summed E-state index contributed by atoms with van der Waals surface area (Å²) in [7, 11) is 0. The van der Waals surface area contributed by atoms with E-state index < -0.39 is 17.4 Å². The van der Waals surface area contributed by atoms with Gasteiger partial charge in [0.15, 0.2) is 5.60 Å². The summed E-state index contributed by atoms with van der Waals surface area (Å²) in [5.41, 5.74) is 3.01. The summed E-state index contributed by atoms with van der Waals surface area (Å²) < 4.78 is 0. The van der Waals surface area contributed by atoms with Crippen molar-refractivity contribution in [2.24, 2.45) is 5.92 Å². The first-order valence-electron chi connectivity index (χ1n) is 12.5. The fourth-order valence-electron chi connectivity index (χ4n) is 5.23. The smallest absolute Gasteiger partial charge is 0.264 e. The third-order valence-electron chi connectivity index (χ3n) is 7.24. The molecule has 2 atom stereocenters. The van der Waals surface area contributed by atoms with E-state index in [0.29, 0.717) is 29.1 Å². The Morgan fingerprint density at radius 3 is 2.54 bits per heavy atom. The third kappa shape index (κ3) is 4.46. The highest BCUT2D eigenvalue weighted by molar-refractivity contribution is 6.31. The van der Waals surface area contributed by atoms with Gasteiger partial charge in [-0.05, 0) is 60.4 Å². The minimum atomic E-state index is -1.77. The molecule has 0 bridgehead atoms. The number of fused-ring (bicyclic) bond motifs is 2. The molecular formula is C30H29ClN2O4. The molecule has 5 rings (SSSR count). The summed E-state index contributed by atoms with van der Waals surface area (Å²) in [5, 5.41) is 21.2. The molecule has 2 aliphatic heterocycles. The molecule has 7 heteroatoms. The van der Waals surface area contributed by atoms with Gasteiger partial charge in [-0.3, -0.25) is 14.5 Å². The molecule has 0 aromatic heterocycles. The van der Waals surface area contributed by atoms with Crippen molar-refractivity contribution in [2.45, 2.75) is 38.3 Å². The van der Waals surface area contributed by atoms with E-state index in [2.05, 4.69) is 0 Å². The quantitative estimate of drug-likeness (QED) is 0.420. The van der Waals surface area contributed by atoms with Gasteiger partial charge in [-0.25, -0.2) is 0 Å². The Kier molecular flexibility index (Phi) is 6.90. The second-order valence-electron chi connectivity index (χ2n) is 9.57. The van der Waals surface area contributed by atoms with Crippen LogP contribution < -0.4 is 9.80 Å². The molecule has 0 aliphatic carbocycles. The summed E-state index contributed by atoms with van der Waals surface area (Å²) in [6.07, 6.45) is 5.16. The van der Waals surface area contributed by atoms with E-state index in [0.717, 1.165) is 28.9 Å². The minimum Gasteiger partial charge on any atom is -0.396 e. The maximum Gasteiger partial charge on any atom is 0.264 e. The molecule has 190 valence electrons. The van der Waals surface area contributed by atoms with E-state index in [1.807, 2.05) is 48.5 Å². The lowest BCUT2D eigenvalue weighted by molar-refractivity contribution is -0.139. The van der Waals surface area contributed by atoms with E-state index >= 15 is 0 Å². The van der Waals surface area contributed by atoms with Crippen molar-refractivity contribution in [1.82, 2.24) is 0 Å². The number of aliphatic hydroxyl groups excluding tert-OH is 1. The molecule has 3 aromatic carbocycles. The molecule has 0 unspecified atom stereocenters. The summed E-state index contributed by atoms with van der Waals surface area (Å²) in [6.45, 7) is 2.03. The number of benzene rings is 3. The first-order valence-corrected chi connectivity index (χ1v) is 12.8. The topological polar surface area (TPSA) is 81.1 Å². The average Bonchev–Trinajstić information content (AvgIpc) is 3.11. The number of aliphatic hydroxyl groups is 2. The van der Waals surface area contributed by atoms with Crippen LogP contribution in [-0.2, 0) is 28.2 Å². The Morgan fingerprint density at radius 2 is 1.78 bits per heavy atom. The molecular weight excluding hydrogens is 488 g/mol. The van der Waals surface area contributed by atoms with Gasteiger partial charge in [-0.2, -0.15) is 0 Å². The molecule has 2 amide bonds. The van der Waals surface area contributed by atoms with E-state index in [9.17, 15) is 14.7 Å². The highest BCUT2D eigenvalue weighted by Gasteiger charge is 2.52. The molecule has 0 spiro atoms. The van der Waals surface area contributed by atoms with Gasteiger partial charge in [0.25, 0.3) is 5.91 Å². The first kappa shape index (κ1) is 25.2. The number of carbonyl (C=O) groups excluding carboxylic acids is 2. The number of anilines is 3. The zero-order valence-corrected chi connectivity index (χ0v) is 21.4. The number of para-hydroxylation sites is 1. The lowest BCUT2D eigenvalue weighted by Crippen LogP contribution is -2.44. The van der Waals surface area contributed by atoms with E-state index in [1.54, 1.807) is 47.1 Å². The van der Waals surface area contributed by atoms with Gasteiger partial charge in [0.05, 0.1) is 17.9 Å². The molecule has 0 fully saturated rings. The summed E-state index contributed by atoms with van der Waals surface area (Å²) in [6, 6.07) is 20.6. The van der Waals surface area contributed by atoms with Gasteiger partial charge in [-0.15, -0.1) is 0 Å². The van der Waals surface area contributed by atoms with Gasteiger partial charge in [0, 0.05) is 35.2 Å². The molecule has 2 aliphatic rings. The number of hydrogen-bond donors (Lipinski definition) is 2. The fraction of sp³-hybridized carbons (Fsp3) is 0.267. The normalized spacial score (nSPS) is 19.9. The van der Waals surface area contributed by atoms with Crippen LogP contribution in [0.15, 0.2) is 78.9 Å². The Labute approximate surface area is 221 Å². The van der Waals surface area contributed by atoms with Crippen molar-refractivity contribution in [1.29, 1.82) is 0 Å². The zero-order chi connectivity index (χ0) is 26.2. The maximum absolute atomic E-state index is 13.7. The Bertz CT molecular complexity index is 1370. The summed E-state index contributed by atoms with van der Waals surface area (Å²) >= 11 is 6.25. The summed E-state index contributed by atoms with van der Waals surface area (Å²) in [4.78, 5) is 29.8. The van der Waals surface area contributed by atoms with Crippen LogP contribution in [-0.4, -0.2) is 28.6 Å². The highest BCUT2D eigenvalue weighted by Crippen LogP contribution is 2.47. The summed E-state index contributed by atoms with van der Waals surface area (Å²) in [5.74, 6) is -0.892. The van der Waals surface area contributed by atoms with Crippen LogP contribution in [0.1, 0.15) is 36.5 Å². The lowest BCUT2D eigenvalue weighted by Gasteiger charge is -2.30. The van der Waals surface area contributed by atoms with Gasteiger partial charge in [-0.1, -0.05) is 61.0 Å². The fourth-order valence-corrected chi connectivity index (χ4v) is 5.41. The predicted octanol–water partition coefficient (Wildman–Crippen LogP) is 5.26. The van der Waals surface area contributed by atoms with Crippen LogP contribution in [0.3, 0.4) is 0 Å². The van der Waals surface area contributed by atoms with Gasteiger partial charge >= 0.3 is 0 Å². The van der Waals surface area contributed by atoms with Gasteiger partial charge in [0.1, 0.15) is 0 Å². The van der Waals surface area contributed by atoms with Crippen molar-refractivity contribution in [3.05, 3.63) is 101 Å².